The quantitative estimate of drug-likeness (QED) is 0.359. The molecule has 8 heavy (non-hydrogen) atoms. The van der Waals surface area contributed by atoms with Crippen LogP contribution in [0.15, 0.2) is 11.6 Å². The van der Waals surface area contributed by atoms with Crippen LogP contribution in [0.1, 0.15) is 0 Å². The first-order valence-corrected chi connectivity index (χ1v) is 1.97. The third-order valence-corrected chi connectivity index (χ3v) is 0.635. The van der Waals surface area contributed by atoms with Gasteiger partial charge in [0.15, 0.2) is 0 Å². The largest absolute Gasteiger partial charge is 0.757 e. The molecule has 0 aliphatic heterocycles. The molecule has 0 fully saturated rings. The van der Waals surface area contributed by atoms with Crippen molar-refractivity contribution in [2.24, 2.45) is 17.2 Å². The molecule has 5 heteroatoms. The Morgan fingerprint density at radius 2 is 1.75 bits per heavy atom. The molecular formula is C3H9N4O-. The van der Waals surface area contributed by atoms with E-state index in [9.17, 15) is 5.21 Å². The van der Waals surface area contributed by atoms with Gasteiger partial charge in [0.1, 0.15) is 11.6 Å². The molecule has 0 rings (SSSR count). The molecule has 0 amide bonds. The van der Waals surface area contributed by atoms with E-state index >= 15 is 0 Å². The fraction of sp³-hybridized carbons (Fsp3) is 0.333. The van der Waals surface area contributed by atoms with Gasteiger partial charge in [-0.05, 0) is 7.05 Å². The van der Waals surface area contributed by atoms with E-state index in [0.717, 1.165) is 0 Å². The van der Waals surface area contributed by atoms with Crippen LogP contribution < -0.4 is 17.2 Å². The highest BCUT2D eigenvalue weighted by molar-refractivity contribution is 5.01. The average molecular weight is 117 g/mol. The molecule has 0 aliphatic rings. The maximum Gasteiger partial charge on any atom is 0.134 e. The average Bonchev–Trinajstić information content (AvgIpc) is 1.64. The summed E-state index contributed by atoms with van der Waals surface area (Å²) in [6.45, 7) is 0. The van der Waals surface area contributed by atoms with Crippen LogP contribution in [-0.4, -0.2) is 12.1 Å². The summed E-state index contributed by atoms with van der Waals surface area (Å²) in [6, 6.07) is 0. The third-order valence-electron chi connectivity index (χ3n) is 0.635. The number of nitrogens with zero attached hydrogens (tertiary/aromatic N) is 1. The van der Waals surface area contributed by atoms with E-state index < -0.39 is 0 Å². The van der Waals surface area contributed by atoms with Gasteiger partial charge >= 0.3 is 0 Å². The molecular weight excluding hydrogens is 108 g/mol. The zero-order valence-electron chi connectivity index (χ0n) is 4.59. The standard InChI is InChI=1S/C3H9N4O/c1-7(8)3(6)2(4)5/h4-6H2,1H3/q-1. The van der Waals surface area contributed by atoms with Crippen molar-refractivity contribution in [3.05, 3.63) is 16.8 Å². The van der Waals surface area contributed by atoms with Crippen molar-refractivity contribution in [1.82, 2.24) is 5.06 Å². The SMILES string of the molecule is CN([O-])C(N)=C(N)N. The van der Waals surface area contributed by atoms with Gasteiger partial charge in [-0.2, -0.15) is 0 Å². The molecule has 0 bridgehead atoms. The Labute approximate surface area is 47.3 Å². The van der Waals surface area contributed by atoms with Crippen molar-refractivity contribution < 1.29 is 0 Å². The smallest absolute Gasteiger partial charge is 0.134 e. The second-order valence-electron chi connectivity index (χ2n) is 1.34. The fourth-order valence-corrected chi connectivity index (χ4v) is 0.182. The number of hydrogen-bond donors (Lipinski definition) is 3. The van der Waals surface area contributed by atoms with Crippen LogP contribution in [0.4, 0.5) is 0 Å². The van der Waals surface area contributed by atoms with Gasteiger partial charge in [-0.1, -0.05) is 0 Å². The topological polar surface area (TPSA) is 104 Å². The summed E-state index contributed by atoms with van der Waals surface area (Å²) < 4.78 is 0. The summed E-state index contributed by atoms with van der Waals surface area (Å²) in [7, 11) is 1.22. The first-order chi connectivity index (χ1) is 3.55. The summed E-state index contributed by atoms with van der Waals surface area (Å²) in [4.78, 5) is 0. The summed E-state index contributed by atoms with van der Waals surface area (Å²) in [6.07, 6.45) is 0. The van der Waals surface area contributed by atoms with Crippen LogP contribution in [0.5, 0.6) is 0 Å². The van der Waals surface area contributed by atoms with E-state index in [-0.39, 0.29) is 11.6 Å². The fourth-order valence-electron chi connectivity index (χ4n) is 0.182. The molecule has 0 aliphatic carbocycles. The van der Waals surface area contributed by atoms with Gasteiger partial charge in [0.2, 0.25) is 0 Å². The van der Waals surface area contributed by atoms with Crippen molar-refractivity contribution >= 4 is 0 Å². The van der Waals surface area contributed by atoms with Crippen molar-refractivity contribution in [1.29, 1.82) is 0 Å². The van der Waals surface area contributed by atoms with Crippen molar-refractivity contribution in [2.45, 2.75) is 0 Å². The number of hydrogen-bond acceptors (Lipinski definition) is 5. The van der Waals surface area contributed by atoms with Gasteiger partial charge in [-0.15, -0.1) is 0 Å². The van der Waals surface area contributed by atoms with Crippen LogP contribution >= 0.6 is 0 Å². The normalized spacial score (nSPS) is 8.25. The second-order valence-corrected chi connectivity index (χ2v) is 1.34. The minimum absolute atomic E-state index is 0.148. The van der Waals surface area contributed by atoms with Crippen LogP contribution in [0.3, 0.4) is 0 Å². The van der Waals surface area contributed by atoms with E-state index in [4.69, 9.17) is 17.2 Å². The molecule has 0 heterocycles. The Hall–Kier alpha value is -1.10. The van der Waals surface area contributed by atoms with Gasteiger partial charge in [-0.25, -0.2) is 0 Å². The lowest BCUT2D eigenvalue weighted by Crippen LogP contribution is -2.26. The number of rotatable bonds is 1. The molecule has 0 radical (unpaired) electrons. The molecule has 0 aromatic carbocycles. The molecule has 5 nitrogen and oxygen atoms in total. The maximum atomic E-state index is 10.2. The Kier molecular flexibility index (Phi) is 1.96. The summed E-state index contributed by atoms with van der Waals surface area (Å²) in [5.74, 6) is -0.299. The van der Waals surface area contributed by atoms with Gasteiger partial charge < -0.3 is 27.5 Å². The molecule has 0 unspecified atom stereocenters. The monoisotopic (exact) mass is 117 g/mol. The lowest BCUT2D eigenvalue weighted by molar-refractivity contribution is 0.553. The first-order valence-electron chi connectivity index (χ1n) is 1.97. The highest BCUT2D eigenvalue weighted by Gasteiger charge is 1.88. The van der Waals surface area contributed by atoms with Crippen LogP contribution in [-0.2, 0) is 0 Å². The Morgan fingerprint density at radius 1 is 1.38 bits per heavy atom. The predicted octanol–water partition coefficient (Wildman–Crippen LogP) is -1.58. The lowest BCUT2D eigenvalue weighted by Gasteiger charge is -2.24. The number of nitrogens with two attached hydrogens (primary N) is 3. The van der Waals surface area contributed by atoms with E-state index in [1.54, 1.807) is 0 Å². The van der Waals surface area contributed by atoms with Gasteiger partial charge in [0.25, 0.3) is 0 Å². The third kappa shape index (κ3) is 1.57. The Bertz CT molecular complexity index is 104. The molecule has 0 atom stereocenters. The van der Waals surface area contributed by atoms with Gasteiger partial charge in [-0.3, -0.25) is 0 Å². The molecule has 0 spiro atoms. The molecule has 6 N–H and O–H groups in total. The maximum absolute atomic E-state index is 10.2. The summed E-state index contributed by atoms with van der Waals surface area (Å²) >= 11 is 0. The predicted molar refractivity (Wildman–Crippen MR) is 30.7 cm³/mol. The van der Waals surface area contributed by atoms with Gasteiger partial charge in [0, 0.05) is 0 Å². The second kappa shape index (κ2) is 2.27. The van der Waals surface area contributed by atoms with Crippen LogP contribution in [0.2, 0.25) is 0 Å². The lowest BCUT2D eigenvalue weighted by atomic mass is 10.7. The Morgan fingerprint density at radius 3 is 1.75 bits per heavy atom. The highest BCUT2D eigenvalue weighted by Crippen LogP contribution is 1.87. The van der Waals surface area contributed by atoms with Crippen molar-refractivity contribution in [3.63, 3.8) is 0 Å². The molecule has 0 saturated heterocycles. The zero-order valence-corrected chi connectivity index (χ0v) is 4.59. The minimum Gasteiger partial charge on any atom is -0.757 e. The molecule has 0 aromatic rings. The van der Waals surface area contributed by atoms with E-state index in [1.165, 1.54) is 7.05 Å². The zero-order chi connectivity index (χ0) is 6.73. The summed E-state index contributed by atoms with van der Waals surface area (Å²) in [5, 5.41) is 10.6. The van der Waals surface area contributed by atoms with E-state index in [2.05, 4.69) is 0 Å². The number of hydroxylamine groups is 2. The van der Waals surface area contributed by atoms with E-state index in [1.807, 2.05) is 0 Å². The van der Waals surface area contributed by atoms with E-state index in [0.29, 0.717) is 5.06 Å². The molecule has 0 aromatic heterocycles. The van der Waals surface area contributed by atoms with Crippen LogP contribution in [0.25, 0.3) is 0 Å². The van der Waals surface area contributed by atoms with Crippen LogP contribution in [0, 0.1) is 5.21 Å². The van der Waals surface area contributed by atoms with Crippen molar-refractivity contribution in [2.75, 3.05) is 7.05 Å². The minimum atomic E-state index is -0.150. The summed E-state index contributed by atoms with van der Waals surface area (Å²) in [5.41, 5.74) is 14.9. The molecule has 48 valence electrons. The van der Waals surface area contributed by atoms with Gasteiger partial charge in [0.05, 0.1) is 0 Å². The highest BCUT2D eigenvalue weighted by atomic mass is 16.5. The molecule has 0 saturated carbocycles. The first kappa shape index (κ1) is 6.90. The van der Waals surface area contributed by atoms with Crippen molar-refractivity contribution in [3.8, 4) is 0 Å². The Balaban J connectivity index is 4.00.